The summed E-state index contributed by atoms with van der Waals surface area (Å²) in [6.45, 7) is 9.58. The highest BCUT2D eigenvalue weighted by Crippen LogP contribution is 2.45. The molecule has 99 heavy (non-hydrogen) atoms. The Morgan fingerprint density at radius 3 is 0.828 bits per heavy atom. The van der Waals surface area contributed by atoms with Gasteiger partial charge in [0.1, 0.15) is 19.3 Å². The fourth-order valence-corrected chi connectivity index (χ4v) is 13.4. The summed E-state index contributed by atoms with van der Waals surface area (Å²) < 4.78 is 68.7. The van der Waals surface area contributed by atoms with E-state index in [0.29, 0.717) is 25.7 Å². The van der Waals surface area contributed by atoms with Gasteiger partial charge in [-0.3, -0.25) is 37.3 Å². The minimum atomic E-state index is -4.97. The molecule has 0 amide bonds. The maximum absolute atomic E-state index is 13.1. The van der Waals surface area contributed by atoms with Crippen LogP contribution >= 0.6 is 15.6 Å². The van der Waals surface area contributed by atoms with Crippen LogP contribution in [0.1, 0.15) is 395 Å². The summed E-state index contributed by atoms with van der Waals surface area (Å²) in [5.74, 6) is -0.588. The highest BCUT2D eigenvalue weighted by Gasteiger charge is 2.30. The third kappa shape index (κ3) is 73.6. The third-order valence-corrected chi connectivity index (χ3v) is 20.0. The fraction of sp³-hybridized carbons (Fsp3) is 0.900. The van der Waals surface area contributed by atoms with E-state index in [1.54, 1.807) is 0 Å². The first-order valence-electron chi connectivity index (χ1n) is 40.8. The van der Waals surface area contributed by atoms with E-state index in [1.807, 2.05) is 0 Å². The third-order valence-electron chi connectivity index (χ3n) is 18.1. The number of esters is 4. The second-order valence-corrected chi connectivity index (χ2v) is 32.0. The lowest BCUT2D eigenvalue weighted by atomic mass is 10.0. The van der Waals surface area contributed by atoms with Crippen molar-refractivity contribution in [2.75, 3.05) is 39.6 Å². The Kier molecular flexibility index (Phi) is 69.4. The van der Waals surface area contributed by atoms with Gasteiger partial charge >= 0.3 is 39.5 Å². The van der Waals surface area contributed by atoms with Crippen LogP contribution in [0.5, 0.6) is 0 Å². The highest BCUT2D eigenvalue weighted by atomic mass is 31.2. The van der Waals surface area contributed by atoms with Crippen molar-refractivity contribution in [2.24, 2.45) is 11.8 Å². The van der Waals surface area contributed by atoms with Crippen LogP contribution in [0.3, 0.4) is 0 Å². The summed E-state index contributed by atoms with van der Waals surface area (Å²) in [4.78, 5) is 73.0. The molecule has 0 aliphatic carbocycles. The number of unbranched alkanes of at least 4 members (excludes halogenated alkanes) is 44. The first kappa shape index (κ1) is 96.5. The van der Waals surface area contributed by atoms with E-state index in [0.717, 1.165) is 121 Å². The van der Waals surface area contributed by atoms with E-state index in [4.69, 9.17) is 37.0 Å². The lowest BCUT2D eigenvalue weighted by molar-refractivity contribution is -0.161. The maximum atomic E-state index is 13.1. The van der Waals surface area contributed by atoms with Crippen molar-refractivity contribution in [3.63, 3.8) is 0 Å². The second kappa shape index (κ2) is 71.2. The van der Waals surface area contributed by atoms with Crippen molar-refractivity contribution in [2.45, 2.75) is 413 Å². The number of hydrogen-bond donors (Lipinski definition) is 3. The number of ether oxygens (including phenoxy) is 4. The molecule has 19 heteroatoms. The van der Waals surface area contributed by atoms with Gasteiger partial charge < -0.3 is 33.8 Å². The molecule has 0 aromatic carbocycles. The van der Waals surface area contributed by atoms with Crippen molar-refractivity contribution >= 4 is 39.5 Å². The molecule has 584 valence electrons. The molecule has 0 aliphatic heterocycles. The Balaban J connectivity index is 5.29. The van der Waals surface area contributed by atoms with Crippen molar-refractivity contribution in [1.82, 2.24) is 0 Å². The predicted molar refractivity (Wildman–Crippen MR) is 404 cm³/mol. The number of phosphoric acid groups is 2. The SMILES string of the molecule is CCCCCC/C=C\C=C/CCCCCCCC(=O)OC[C@H](COP(=O)(O)OC[C@@H](O)COP(=O)(O)OC[C@@H](COC(=O)CCCCCCCCCCCCCCC)OC(=O)CCCCCCCCCCCCC(C)C)OC(=O)CCCCCCCCCCCCCCCCCC(C)C. The van der Waals surface area contributed by atoms with Gasteiger partial charge in [0.2, 0.25) is 0 Å². The largest absolute Gasteiger partial charge is 0.472 e. The quantitative estimate of drug-likeness (QED) is 0.0169. The molecule has 0 saturated carbocycles. The zero-order valence-corrected chi connectivity index (χ0v) is 66.1. The van der Waals surface area contributed by atoms with Gasteiger partial charge in [-0.05, 0) is 63.2 Å². The minimum Gasteiger partial charge on any atom is -0.462 e. The molecular weight excluding hydrogens is 1290 g/mol. The van der Waals surface area contributed by atoms with Crippen molar-refractivity contribution in [3.8, 4) is 0 Å². The molecular formula is C80H152O17P2. The average Bonchev–Trinajstić information content (AvgIpc) is 0.973. The standard InChI is InChI=1S/C80H152O17P2/c1-7-9-11-13-15-17-19-21-23-28-32-39-45-51-57-63-78(83)91-68-75(96-79(84)64-58-52-46-40-33-29-25-22-24-27-30-36-42-48-54-60-72(3)4)70-94-98(86,87)92-66-74(81)67-93-99(88,89)95-71-76(97-80(85)65-59-53-47-41-35-34-37-43-49-55-61-73(5)6)69-90-77(82)62-56-50-44-38-31-26-20-18-16-14-12-10-8-2/h17,19,21,23,72-76,81H,7-16,18,20,22,24-71H2,1-6H3,(H,86,87)(H,88,89)/b19-17-,23-21-/t74-,75-,76-/m1/s1. The molecule has 0 rings (SSSR count). The predicted octanol–water partition coefficient (Wildman–Crippen LogP) is 23.4. The van der Waals surface area contributed by atoms with Gasteiger partial charge in [-0.1, -0.05) is 342 Å². The van der Waals surface area contributed by atoms with Crippen LogP contribution in [0.4, 0.5) is 0 Å². The summed E-state index contributed by atoms with van der Waals surface area (Å²) in [7, 11) is -9.93. The average molecular weight is 1450 g/mol. The first-order chi connectivity index (χ1) is 47.9. The van der Waals surface area contributed by atoms with Gasteiger partial charge in [0, 0.05) is 25.7 Å². The van der Waals surface area contributed by atoms with E-state index in [9.17, 15) is 43.2 Å². The summed E-state index contributed by atoms with van der Waals surface area (Å²) in [6, 6.07) is 0. The lowest BCUT2D eigenvalue weighted by Crippen LogP contribution is -2.30. The molecule has 2 unspecified atom stereocenters. The minimum absolute atomic E-state index is 0.101. The molecule has 3 N–H and O–H groups in total. The number of hydrogen-bond acceptors (Lipinski definition) is 15. The smallest absolute Gasteiger partial charge is 0.462 e. The molecule has 17 nitrogen and oxygen atoms in total. The Morgan fingerprint density at radius 1 is 0.313 bits per heavy atom. The summed E-state index contributed by atoms with van der Waals surface area (Å²) in [5.41, 5.74) is 0. The summed E-state index contributed by atoms with van der Waals surface area (Å²) in [6.07, 6.45) is 63.1. The molecule has 0 fully saturated rings. The summed E-state index contributed by atoms with van der Waals surface area (Å²) in [5, 5.41) is 10.6. The number of carbonyl (C=O) groups is 4. The summed E-state index contributed by atoms with van der Waals surface area (Å²) >= 11 is 0. The number of phosphoric ester groups is 2. The zero-order valence-electron chi connectivity index (χ0n) is 64.3. The molecule has 0 spiro atoms. The molecule has 0 saturated heterocycles. The topological polar surface area (TPSA) is 237 Å². The lowest BCUT2D eigenvalue weighted by Gasteiger charge is -2.21. The number of rotatable bonds is 77. The van der Waals surface area contributed by atoms with Crippen LogP contribution in [-0.4, -0.2) is 96.7 Å². The van der Waals surface area contributed by atoms with Crippen LogP contribution in [0, 0.1) is 11.8 Å². The Labute approximate surface area is 605 Å². The Bertz CT molecular complexity index is 2000. The van der Waals surface area contributed by atoms with E-state index >= 15 is 0 Å². The normalized spacial score (nSPS) is 14.1. The van der Waals surface area contributed by atoms with E-state index < -0.39 is 97.5 Å². The van der Waals surface area contributed by atoms with Crippen LogP contribution in [0.25, 0.3) is 0 Å². The Hall–Kier alpha value is -2.46. The monoisotopic (exact) mass is 1450 g/mol. The highest BCUT2D eigenvalue weighted by molar-refractivity contribution is 7.47. The van der Waals surface area contributed by atoms with Crippen LogP contribution in [0.15, 0.2) is 24.3 Å². The molecule has 0 bridgehead atoms. The van der Waals surface area contributed by atoms with Gasteiger partial charge in [-0.25, -0.2) is 9.13 Å². The molecule has 5 atom stereocenters. The van der Waals surface area contributed by atoms with Crippen molar-refractivity contribution in [1.29, 1.82) is 0 Å². The molecule has 0 radical (unpaired) electrons. The number of allylic oxidation sites excluding steroid dienone is 4. The molecule has 0 heterocycles. The number of carbonyl (C=O) groups excluding carboxylic acids is 4. The van der Waals surface area contributed by atoms with Gasteiger partial charge in [-0.15, -0.1) is 0 Å². The fourth-order valence-electron chi connectivity index (χ4n) is 11.8. The number of aliphatic hydroxyl groups excluding tert-OH is 1. The van der Waals surface area contributed by atoms with Crippen LogP contribution < -0.4 is 0 Å². The van der Waals surface area contributed by atoms with Gasteiger partial charge in [0.05, 0.1) is 26.4 Å². The van der Waals surface area contributed by atoms with Crippen LogP contribution in [-0.2, 0) is 65.4 Å². The maximum Gasteiger partial charge on any atom is 0.472 e. The van der Waals surface area contributed by atoms with Gasteiger partial charge in [-0.2, -0.15) is 0 Å². The number of aliphatic hydroxyl groups is 1. The van der Waals surface area contributed by atoms with E-state index in [-0.39, 0.29) is 25.7 Å². The molecule has 0 aromatic heterocycles. The Morgan fingerprint density at radius 2 is 0.545 bits per heavy atom. The van der Waals surface area contributed by atoms with Crippen LogP contribution in [0.2, 0.25) is 0 Å². The first-order valence-corrected chi connectivity index (χ1v) is 43.8. The van der Waals surface area contributed by atoms with Crippen molar-refractivity contribution in [3.05, 3.63) is 24.3 Å². The second-order valence-electron chi connectivity index (χ2n) is 29.1. The van der Waals surface area contributed by atoms with Gasteiger partial charge in [0.25, 0.3) is 0 Å². The zero-order chi connectivity index (χ0) is 72.8. The molecule has 0 aromatic rings. The van der Waals surface area contributed by atoms with Crippen molar-refractivity contribution < 1.29 is 80.2 Å². The molecule has 0 aliphatic rings. The van der Waals surface area contributed by atoms with Gasteiger partial charge in [0.15, 0.2) is 12.2 Å². The van der Waals surface area contributed by atoms with E-state index in [2.05, 4.69) is 65.8 Å². The van der Waals surface area contributed by atoms with E-state index in [1.165, 1.54) is 193 Å².